The average molecular weight is 489 g/mol. The maximum Gasteiger partial charge on any atom is 0.308 e. The van der Waals surface area contributed by atoms with Gasteiger partial charge in [0, 0.05) is 0 Å². The first kappa shape index (κ1) is 28.2. The highest BCUT2D eigenvalue weighted by Crippen LogP contribution is 2.36. The number of esters is 1. The molecular formula is C27H40O6Si. The highest BCUT2D eigenvalue weighted by Gasteiger charge is 2.49. The molecule has 0 fully saturated rings. The summed E-state index contributed by atoms with van der Waals surface area (Å²) < 4.78 is 28.3. The van der Waals surface area contributed by atoms with Crippen molar-refractivity contribution in [3.63, 3.8) is 0 Å². The number of carbonyl (C=O) groups excluding carboxylic acids is 1. The molecule has 2 aromatic carbocycles. The molecule has 188 valence electrons. The highest BCUT2D eigenvalue weighted by molar-refractivity contribution is 6.99. The Bertz CT molecular complexity index is 767. The van der Waals surface area contributed by atoms with Crippen LogP contribution in [0.25, 0.3) is 0 Å². The van der Waals surface area contributed by atoms with Crippen LogP contribution in [-0.2, 0) is 28.2 Å². The van der Waals surface area contributed by atoms with Crippen LogP contribution >= 0.6 is 0 Å². The number of benzene rings is 2. The molecule has 2 rings (SSSR count). The second-order valence-corrected chi connectivity index (χ2v) is 13.2. The lowest BCUT2D eigenvalue weighted by atomic mass is 10.2. The van der Waals surface area contributed by atoms with E-state index in [1.54, 1.807) is 6.92 Å². The maximum atomic E-state index is 11.2. The molecule has 0 unspecified atom stereocenters. The van der Waals surface area contributed by atoms with Crippen LogP contribution in [0.15, 0.2) is 60.7 Å². The van der Waals surface area contributed by atoms with Crippen LogP contribution in [0.3, 0.4) is 0 Å². The van der Waals surface area contributed by atoms with E-state index in [2.05, 4.69) is 69.3 Å². The second kappa shape index (κ2) is 15.1. The molecule has 0 bridgehead atoms. The summed E-state index contributed by atoms with van der Waals surface area (Å²) in [6, 6.07) is 21.2. The Morgan fingerprint density at radius 2 is 1.15 bits per heavy atom. The molecule has 34 heavy (non-hydrogen) atoms. The van der Waals surface area contributed by atoms with Gasteiger partial charge in [-0.25, -0.2) is 0 Å². The fourth-order valence-electron chi connectivity index (χ4n) is 3.95. The fraction of sp³-hybridized carbons (Fsp3) is 0.519. The van der Waals surface area contributed by atoms with Crippen LogP contribution < -0.4 is 10.4 Å². The van der Waals surface area contributed by atoms with Crippen molar-refractivity contribution in [1.82, 2.24) is 0 Å². The number of carbonyl (C=O) groups is 1. The molecule has 0 spiro atoms. The second-order valence-electron chi connectivity index (χ2n) is 8.90. The largest absolute Gasteiger partial charge is 0.466 e. The van der Waals surface area contributed by atoms with Crippen LogP contribution in [0, 0.1) is 0 Å². The van der Waals surface area contributed by atoms with Gasteiger partial charge in [0.2, 0.25) is 0 Å². The molecule has 0 aromatic heterocycles. The van der Waals surface area contributed by atoms with Gasteiger partial charge in [-0.3, -0.25) is 4.79 Å². The van der Waals surface area contributed by atoms with Crippen LogP contribution in [0.4, 0.5) is 0 Å². The zero-order valence-electron chi connectivity index (χ0n) is 21.1. The quantitative estimate of drug-likeness (QED) is 0.205. The van der Waals surface area contributed by atoms with Gasteiger partial charge in [-0.15, -0.1) is 0 Å². The zero-order valence-corrected chi connectivity index (χ0v) is 22.1. The standard InChI is InChI=1S/C27H40O6Si/c1-5-32-26(28)16-17-29-18-19-30-20-21-31-22-23-33-34(27(2,3)4,24-12-8-6-9-13-24)25-14-10-7-11-15-25/h6-15H,5,16-23H2,1-4H3. The molecular weight excluding hydrogens is 448 g/mol. The summed E-state index contributed by atoms with van der Waals surface area (Å²) in [7, 11) is -2.52. The molecule has 0 aliphatic carbocycles. The van der Waals surface area contributed by atoms with Crippen molar-refractivity contribution in [2.75, 3.05) is 52.9 Å². The van der Waals surface area contributed by atoms with Crippen molar-refractivity contribution in [1.29, 1.82) is 0 Å². The molecule has 6 nitrogen and oxygen atoms in total. The molecule has 0 amide bonds. The minimum Gasteiger partial charge on any atom is -0.466 e. The molecule has 0 saturated heterocycles. The van der Waals surface area contributed by atoms with E-state index in [9.17, 15) is 4.79 Å². The van der Waals surface area contributed by atoms with E-state index in [0.29, 0.717) is 52.9 Å². The third-order valence-electron chi connectivity index (χ3n) is 5.46. The number of ether oxygens (including phenoxy) is 4. The van der Waals surface area contributed by atoms with Crippen molar-refractivity contribution in [3.8, 4) is 0 Å². The normalized spacial score (nSPS) is 12.0. The Labute approximate surface area is 205 Å². The van der Waals surface area contributed by atoms with E-state index in [-0.39, 0.29) is 17.4 Å². The summed E-state index contributed by atoms with van der Waals surface area (Å²) in [5.74, 6) is -0.239. The van der Waals surface area contributed by atoms with Gasteiger partial charge in [-0.05, 0) is 22.3 Å². The Kier molecular flexibility index (Phi) is 12.5. The minimum absolute atomic E-state index is 0.0495. The zero-order chi connectivity index (χ0) is 24.7. The third kappa shape index (κ3) is 8.63. The van der Waals surface area contributed by atoms with Gasteiger partial charge in [0.15, 0.2) is 0 Å². The lowest BCUT2D eigenvalue weighted by Crippen LogP contribution is -2.66. The predicted molar refractivity (Wildman–Crippen MR) is 137 cm³/mol. The monoisotopic (exact) mass is 488 g/mol. The maximum absolute atomic E-state index is 11.2. The van der Waals surface area contributed by atoms with Crippen LogP contribution in [-0.4, -0.2) is 67.1 Å². The van der Waals surface area contributed by atoms with E-state index >= 15 is 0 Å². The van der Waals surface area contributed by atoms with Crippen LogP contribution in [0.1, 0.15) is 34.1 Å². The van der Waals surface area contributed by atoms with Gasteiger partial charge >= 0.3 is 5.97 Å². The number of hydrogen-bond acceptors (Lipinski definition) is 6. The SMILES string of the molecule is CCOC(=O)CCOCCOCCOCCO[Si](c1ccccc1)(c1ccccc1)C(C)(C)C. The third-order valence-corrected chi connectivity index (χ3v) is 10.5. The van der Waals surface area contributed by atoms with Crippen LogP contribution in [0.2, 0.25) is 5.04 Å². The van der Waals surface area contributed by atoms with E-state index in [1.165, 1.54) is 10.4 Å². The van der Waals surface area contributed by atoms with Crippen molar-refractivity contribution in [2.24, 2.45) is 0 Å². The van der Waals surface area contributed by atoms with Crippen molar-refractivity contribution >= 4 is 24.7 Å². The average Bonchev–Trinajstić information content (AvgIpc) is 2.83. The molecule has 0 heterocycles. The molecule has 0 N–H and O–H groups in total. The van der Waals surface area contributed by atoms with Gasteiger partial charge in [-0.1, -0.05) is 81.4 Å². The fourth-order valence-corrected chi connectivity index (χ4v) is 8.49. The van der Waals surface area contributed by atoms with Crippen molar-refractivity contribution in [3.05, 3.63) is 60.7 Å². The van der Waals surface area contributed by atoms with Crippen LogP contribution in [0.5, 0.6) is 0 Å². The van der Waals surface area contributed by atoms with Crippen molar-refractivity contribution in [2.45, 2.75) is 39.2 Å². The summed E-state index contributed by atoms with van der Waals surface area (Å²) in [4.78, 5) is 11.2. The lowest BCUT2D eigenvalue weighted by Gasteiger charge is -2.43. The topological polar surface area (TPSA) is 63.2 Å². The first-order valence-corrected chi connectivity index (χ1v) is 14.0. The Morgan fingerprint density at radius 1 is 0.706 bits per heavy atom. The first-order valence-electron chi connectivity index (χ1n) is 12.1. The summed E-state index contributed by atoms with van der Waals surface area (Å²) in [6.45, 7) is 12.2. The summed E-state index contributed by atoms with van der Waals surface area (Å²) in [6.07, 6.45) is 0.266. The van der Waals surface area contributed by atoms with Gasteiger partial charge in [0.1, 0.15) is 0 Å². The Morgan fingerprint density at radius 3 is 1.59 bits per heavy atom. The molecule has 0 atom stereocenters. The van der Waals surface area contributed by atoms with E-state index in [1.807, 2.05) is 12.1 Å². The van der Waals surface area contributed by atoms with E-state index in [4.69, 9.17) is 23.4 Å². The molecule has 0 aliphatic heterocycles. The number of hydrogen-bond donors (Lipinski definition) is 0. The molecule has 0 aliphatic rings. The lowest BCUT2D eigenvalue weighted by molar-refractivity contribution is -0.144. The first-order chi connectivity index (χ1) is 16.4. The predicted octanol–water partition coefficient (Wildman–Crippen LogP) is 3.57. The Hall–Kier alpha value is -2.03. The van der Waals surface area contributed by atoms with E-state index < -0.39 is 8.32 Å². The van der Waals surface area contributed by atoms with Gasteiger partial charge in [0.05, 0.1) is 59.3 Å². The van der Waals surface area contributed by atoms with Gasteiger partial charge in [-0.2, -0.15) is 0 Å². The smallest absolute Gasteiger partial charge is 0.308 e. The molecule has 0 saturated carbocycles. The molecule has 2 aromatic rings. The summed E-state index contributed by atoms with van der Waals surface area (Å²) in [5.41, 5.74) is 0. The summed E-state index contributed by atoms with van der Waals surface area (Å²) in [5, 5.41) is 2.48. The Balaban J connectivity index is 1.76. The highest BCUT2D eigenvalue weighted by atomic mass is 28.4. The number of rotatable bonds is 16. The van der Waals surface area contributed by atoms with Crippen molar-refractivity contribution < 1.29 is 28.2 Å². The minimum atomic E-state index is -2.52. The van der Waals surface area contributed by atoms with Gasteiger partial charge in [0.25, 0.3) is 8.32 Å². The molecule has 0 radical (unpaired) electrons. The summed E-state index contributed by atoms with van der Waals surface area (Å²) >= 11 is 0. The van der Waals surface area contributed by atoms with E-state index in [0.717, 1.165) is 0 Å². The molecule has 7 heteroatoms. The van der Waals surface area contributed by atoms with Gasteiger partial charge < -0.3 is 23.4 Å².